The van der Waals surface area contributed by atoms with Crippen molar-refractivity contribution >= 4 is 23.1 Å². The molecule has 8 nitrogen and oxygen atoms in total. The zero-order chi connectivity index (χ0) is 19.4. The summed E-state index contributed by atoms with van der Waals surface area (Å²) >= 11 is 0. The van der Waals surface area contributed by atoms with Gasteiger partial charge in [-0.25, -0.2) is 4.98 Å². The third kappa shape index (κ3) is 4.16. The van der Waals surface area contributed by atoms with Crippen molar-refractivity contribution in [3.8, 4) is 0 Å². The molecule has 27 heavy (non-hydrogen) atoms. The Morgan fingerprint density at radius 2 is 2.04 bits per heavy atom. The van der Waals surface area contributed by atoms with Crippen LogP contribution in [-0.4, -0.2) is 43.0 Å². The van der Waals surface area contributed by atoms with E-state index >= 15 is 0 Å². The summed E-state index contributed by atoms with van der Waals surface area (Å²) in [6.07, 6.45) is 3.75. The van der Waals surface area contributed by atoms with Gasteiger partial charge < -0.3 is 15.1 Å². The minimum absolute atomic E-state index is 0.0279. The van der Waals surface area contributed by atoms with Gasteiger partial charge in [0.25, 0.3) is 11.6 Å². The largest absolute Gasteiger partial charge is 0.366 e. The van der Waals surface area contributed by atoms with Crippen LogP contribution in [0.25, 0.3) is 0 Å². The summed E-state index contributed by atoms with van der Waals surface area (Å²) < 4.78 is 0. The van der Waals surface area contributed by atoms with Gasteiger partial charge in [0.2, 0.25) is 0 Å². The zero-order valence-electron chi connectivity index (χ0n) is 15.5. The first-order valence-electron chi connectivity index (χ1n) is 8.90. The average molecular weight is 369 g/mol. The Bertz CT molecular complexity index is 847. The van der Waals surface area contributed by atoms with Crippen molar-refractivity contribution in [3.63, 3.8) is 0 Å². The Morgan fingerprint density at radius 1 is 1.30 bits per heavy atom. The summed E-state index contributed by atoms with van der Waals surface area (Å²) in [5, 5.41) is 14.3. The van der Waals surface area contributed by atoms with E-state index < -0.39 is 4.92 Å². The number of carbonyl (C=O) groups is 1. The Labute approximate surface area is 158 Å². The van der Waals surface area contributed by atoms with Crippen LogP contribution in [0.3, 0.4) is 0 Å². The third-order valence-corrected chi connectivity index (χ3v) is 4.61. The fraction of sp³-hybridized carbons (Fsp3) is 0.368. The number of aromatic nitrogens is 1. The predicted molar refractivity (Wildman–Crippen MR) is 104 cm³/mol. The second-order valence-corrected chi connectivity index (χ2v) is 6.72. The van der Waals surface area contributed by atoms with Gasteiger partial charge in [-0.3, -0.25) is 14.9 Å². The maximum Gasteiger partial charge on any atom is 0.293 e. The maximum atomic E-state index is 12.5. The summed E-state index contributed by atoms with van der Waals surface area (Å²) in [7, 11) is 3.77. The molecule has 0 atom stereocenters. The number of nitrogens with one attached hydrogen (secondary N) is 1. The molecule has 2 aromatic rings. The van der Waals surface area contributed by atoms with E-state index in [0.717, 1.165) is 37.3 Å². The molecule has 0 spiro atoms. The van der Waals surface area contributed by atoms with Crippen LogP contribution >= 0.6 is 0 Å². The third-order valence-electron chi connectivity index (χ3n) is 4.61. The Kier molecular flexibility index (Phi) is 5.54. The van der Waals surface area contributed by atoms with Crippen LogP contribution in [0.4, 0.5) is 17.2 Å². The van der Waals surface area contributed by atoms with Gasteiger partial charge in [0.05, 0.1) is 4.92 Å². The van der Waals surface area contributed by atoms with Crippen molar-refractivity contribution in [2.24, 2.45) is 0 Å². The number of nitro benzene ring substituents is 1. The summed E-state index contributed by atoms with van der Waals surface area (Å²) in [4.78, 5) is 31.8. The number of carbonyl (C=O) groups excluding carboxylic acids is 1. The quantitative estimate of drug-likeness (QED) is 0.622. The van der Waals surface area contributed by atoms with Crippen LogP contribution in [0.2, 0.25) is 0 Å². The lowest BCUT2D eigenvalue weighted by Crippen LogP contribution is -2.25. The lowest BCUT2D eigenvalue weighted by Gasteiger charge is -2.18. The van der Waals surface area contributed by atoms with Crippen LogP contribution in [0.1, 0.15) is 28.8 Å². The van der Waals surface area contributed by atoms with E-state index in [4.69, 9.17) is 0 Å². The number of rotatable bonds is 6. The van der Waals surface area contributed by atoms with Crippen molar-refractivity contribution in [2.45, 2.75) is 19.4 Å². The molecule has 1 aromatic heterocycles. The molecule has 142 valence electrons. The highest BCUT2D eigenvalue weighted by molar-refractivity contribution is 5.95. The summed E-state index contributed by atoms with van der Waals surface area (Å²) in [5.74, 6) is 0.424. The van der Waals surface area contributed by atoms with Crippen LogP contribution < -0.4 is 15.1 Å². The number of anilines is 2. The van der Waals surface area contributed by atoms with E-state index in [1.165, 1.54) is 6.07 Å². The molecule has 3 rings (SSSR count). The molecule has 0 radical (unpaired) electrons. The molecule has 0 bridgehead atoms. The van der Waals surface area contributed by atoms with Gasteiger partial charge in [-0.15, -0.1) is 0 Å². The molecule has 1 saturated heterocycles. The molecular formula is C19H23N5O3. The average Bonchev–Trinajstić information content (AvgIpc) is 3.20. The first-order chi connectivity index (χ1) is 13.0. The molecular weight excluding hydrogens is 346 g/mol. The Morgan fingerprint density at radius 3 is 2.70 bits per heavy atom. The molecule has 8 heteroatoms. The minimum atomic E-state index is -0.421. The highest BCUT2D eigenvalue weighted by Gasteiger charge is 2.23. The first kappa shape index (κ1) is 18.6. The lowest BCUT2D eigenvalue weighted by atomic mass is 10.1. The first-order valence-corrected chi connectivity index (χ1v) is 8.90. The van der Waals surface area contributed by atoms with Crippen molar-refractivity contribution in [2.75, 3.05) is 37.0 Å². The minimum Gasteiger partial charge on any atom is -0.366 e. The fourth-order valence-electron chi connectivity index (χ4n) is 3.28. The molecule has 0 unspecified atom stereocenters. The van der Waals surface area contributed by atoms with Crippen LogP contribution in [0, 0.1) is 10.1 Å². The highest BCUT2D eigenvalue weighted by atomic mass is 16.6. The summed E-state index contributed by atoms with van der Waals surface area (Å²) in [6, 6.07) is 8.38. The number of nitrogens with zero attached hydrogens (tertiary/aromatic N) is 4. The predicted octanol–water partition coefficient (Wildman–Crippen LogP) is 2.59. The van der Waals surface area contributed by atoms with Crippen molar-refractivity contribution in [3.05, 3.63) is 57.8 Å². The van der Waals surface area contributed by atoms with Crippen LogP contribution in [0.15, 0.2) is 36.5 Å². The van der Waals surface area contributed by atoms with Gasteiger partial charge in [0.1, 0.15) is 11.5 Å². The topological polar surface area (TPSA) is 91.6 Å². The SMILES string of the molecule is CN(C)c1ncccc1CNC(=O)c1ccc(N2CCCC2)c([N+](=O)[O-])c1. The number of amides is 1. The van der Waals surface area contributed by atoms with E-state index in [9.17, 15) is 14.9 Å². The number of pyridine rings is 1. The Balaban J connectivity index is 1.77. The van der Waals surface area contributed by atoms with Gasteiger partial charge in [0, 0.05) is 57.1 Å². The summed E-state index contributed by atoms with van der Waals surface area (Å²) in [5.41, 5.74) is 1.70. The standard InChI is InChI=1S/C19H23N5O3/c1-22(2)18-15(6-5-9-20-18)13-21-19(25)14-7-8-16(17(12-14)24(26)27)23-10-3-4-11-23/h5-9,12H,3-4,10-11,13H2,1-2H3,(H,21,25). The monoisotopic (exact) mass is 369 g/mol. The van der Waals surface area contributed by atoms with E-state index in [-0.39, 0.29) is 17.2 Å². The second-order valence-electron chi connectivity index (χ2n) is 6.72. The number of hydrogen-bond donors (Lipinski definition) is 1. The van der Waals surface area contributed by atoms with E-state index in [0.29, 0.717) is 12.2 Å². The van der Waals surface area contributed by atoms with Gasteiger partial charge in [-0.05, 0) is 31.0 Å². The van der Waals surface area contributed by atoms with E-state index in [1.54, 1.807) is 18.3 Å². The molecule has 1 amide bonds. The van der Waals surface area contributed by atoms with Gasteiger partial charge in [-0.1, -0.05) is 6.07 Å². The van der Waals surface area contributed by atoms with E-state index in [1.807, 2.05) is 36.0 Å². The molecule has 1 aliphatic heterocycles. The molecule has 0 aliphatic carbocycles. The summed E-state index contributed by atoms with van der Waals surface area (Å²) in [6.45, 7) is 1.91. The molecule has 1 N–H and O–H groups in total. The van der Waals surface area contributed by atoms with Gasteiger partial charge in [-0.2, -0.15) is 0 Å². The van der Waals surface area contributed by atoms with Crippen LogP contribution in [0.5, 0.6) is 0 Å². The maximum absolute atomic E-state index is 12.5. The number of hydrogen-bond acceptors (Lipinski definition) is 6. The number of nitro groups is 1. The molecule has 1 fully saturated rings. The Hall–Kier alpha value is -3.16. The van der Waals surface area contributed by atoms with Crippen molar-refractivity contribution < 1.29 is 9.72 Å². The molecule has 0 saturated carbocycles. The zero-order valence-corrected chi connectivity index (χ0v) is 15.5. The molecule has 2 heterocycles. The van der Waals surface area contributed by atoms with Crippen molar-refractivity contribution in [1.82, 2.24) is 10.3 Å². The van der Waals surface area contributed by atoms with Gasteiger partial charge >= 0.3 is 0 Å². The fourth-order valence-corrected chi connectivity index (χ4v) is 3.28. The number of benzene rings is 1. The van der Waals surface area contributed by atoms with Crippen molar-refractivity contribution in [1.29, 1.82) is 0 Å². The smallest absolute Gasteiger partial charge is 0.293 e. The normalized spacial score (nSPS) is 13.5. The molecule has 1 aromatic carbocycles. The lowest BCUT2D eigenvalue weighted by molar-refractivity contribution is -0.384. The van der Waals surface area contributed by atoms with E-state index in [2.05, 4.69) is 10.3 Å². The van der Waals surface area contributed by atoms with Gasteiger partial charge in [0.15, 0.2) is 0 Å². The highest BCUT2D eigenvalue weighted by Crippen LogP contribution is 2.31. The molecule has 1 aliphatic rings. The van der Waals surface area contributed by atoms with Crippen LogP contribution in [-0.2, 0) is 6.54 Å². The second kappa shape index (κ2) is 8.03.